The van der Waals surface area contributed by atoms with Crippen molar-refractivity contribution >= 4 is 11.6 Å². The Morgan fingerprint density at radius 2 is 1.81 bits per heavy atom. The number of nitrogens with zero attached hydrogens (tertiary/aromatic N) is 2. The fraction of sp³-hybridized carbons (Fsp3) is 0.261. The minimum Gasteiger partial charge on any atom is -0.489 e. The lowest BCUT2D eigenvalue weighted by Crippen LogP contribution is -2.27. The number of rotatable bonds is 6. The van der Waals surface area contributed by atoms with Gasteiger partial charge in [0.05, 0.1) is 24.4 Å². The number of nitrogens with one attached hydrogen (secondary N) is 1. The van der Waals surface area contributed by atoms with Crippen molar-refractivity contribution in [1.82, 2.24) is 9.97 Å². The van der Waals surface area contributed by atoms with Gasteiger partial charge >= 0.3 is 0 Å². The maximum absolute atomic E-state index is 13.9. The largest absolute Gasteiger partial charge is 0.489 e. The molecule has 1 N–H and O–H groups in total. The van der Waals surface area contributed by atoms with Crippen molar-refractivity contribution in [1.29, 1.82) is 0 Å². The van der Waals surface area contributed by atoms with Crippen molar-refractivity contribution in [2.75, 3.05) is 11.9 Å². The van der Waals surface area contributed by atoms with E-state index in [1.165, 1.54) is 12.3 Å². The lowest BCUT2D eigenvalue weighted by Gasteiger charge is -2.20. The average molecular weight is 445 g/mol. The number of benzene rings is 2. The Morgan fingerprint density at radius 3 is 2.47 bits per heavy atom. The number of carbonyl (C=O) groups excluding carboxylic acids is 1. The van der Waals surface area contributed by atoms with E-state index in [-0.39, 0.29) is 24.3 Å². The highest BCUT2D eigenvalue weighted by molar-refractivity contribution is 5.96. The lowest BCUT2D eigenvalue weighted by molar-refractivity contribution is -0.117. The average Bonchev–Trinajstić information content (AvgIpc) is 3.46. The number of ether oxygens (including phenoxy) is 1. The number of hydrogen-bond donors (Lipinski definition) is 1. The topological polar surface area (TPSA) is 64.1 Å². The van der Waals surface area contributed by atoms with Crippen LogP contribution in [0.4, 0.5) is 23.2 Å². The monoisotopic (exact) mass is 445 g/mol. The van der Waals surface area contributed by atoms with Crippen LogP contribution in [0.3, 0.4) is 0 Å². The van der Waals surface area contributed by atoms with Crippen LogP contribution in [-0.2, 0) is 10.2 Å². The molecule has 2 aromatic carbocycles. The molecule has 1 fully saturated rings. The van der Waals surface area contributed by atoms with E-state index < -0.39 is 40.5 Å². The highest BCUT2D eigenvalue weighted by Crippen LogP contribution is 2.55. The number of aromatic nitrogens is 2. The summed E-state index contributed by atoms with van der Waals surface area (Å²) in [5, 5.41) is 2.53. The Hall–Kier alpha value is -3.49. The van der Waals surface area contributed by atoms with Gasteiger partial charge in [-0.15, -0.1) is 0 Å². The number of carbonyl (C=O) groups is 1. The summed E-state index contributed by atoms with van der Waals surface area (Å²) in [4.78, 5) is 21.2. The van der Waals surface area contributed by atoms with Gasteiger partial charge in [-0.2, -0.15) is 0 Å². The summed E-state index contributed by atoms with van der Waals surface area (Å²) in [6.45, 7) is 3.41. The lowest BCUT2D eigenvalue weighted by atomic mass is 9.93. The van der Waals surface area contributed by atoms with E-state index in [2.05, 4.69) is 15.3 Å². The third-order valence-corrected chi connectivity index (χ3v) is 5.56. The quantitative estimate of drug-likeness (QED) is 0.563. The normalized spacial score (nSPS) is 19.5. The van der Waals surface area contributed by atoms with Crippen LogP contribution < -0.4 is 10.1 Å². The van der Waals surface area contributed by atoms with E-state index >= 15 is 0 Å². The van der Waals surface area contributed by atoms with E-state index in [1.807, 2.05) is 0 Å². The number of hydrogen-bond acceptors (Lipinski definition) is 4. The van der Waals surface area contributed by atoms with Crippen LogP contribution >= 0.6 is 0 Å². The fourth-order valence-electron chi connectivity index (χ4n) is 3.78. The summed E-state index contributed by atoms with van der Waals surface area (Å²) < 4.78 is 60.4. The first-order valence-electron chi connectivity index (χ1n) is 9.83. The van der Waals surface area contributed by atoms with Crippen molar-refractivity contribution in [3.63, 3.8) is 0 Å². The summed E-state index contributed by atoms with van der Waals surface area (Å²) in [5.41, 5.74) is -0.0837. The van der Waals surface area contributed by atoms with Crippen molar-refractivity contribution in [2.45, 2.75) is 25.7 Å². The molecular weight excluding hydrogens is 426 g/mol. The summed E-state index contributed by atoms with van der Waals surface area (Å²) >= 11 is 0. The molecule has 3 aromatic rings. The van der Waals surface area contributed by atoms with Gasteiger partial charge in [-0.3, -0.25) is 4.79 Å². The van der Waals surface area contributed by atoms with Crippen LogP contribution in [0.1, 0.15) is 23.5 Å². The molecule has 1 heterocycles. The van der Waals surface area contributed by atoms with E-state index in [4.69, 9.17) is 4.74 Å². The third kappa shape index (κ3) is 4.28. The van der Waals surface area contributed by atoms with Crippen LogP contribution in [0.15, 0.2) is 42.6 Å². The van der Waals surface area contributed by atoms with Crippen molar-refractivity contribution < 1.29 is 27.1 Å². The van der Waals surface area contributed by atoms with E-state index in [0.29, 0.717) is 17.3 Å². The molecule has 0 aliphatic heterocycles. The Labute approximate surface area is 181 Å². The van der Waals surface area contributed by atoms with Crippen LogP contribution in [0.5, 0.6) is 5.75 Å². The molecule has 1 aliphatic rings. The van der Waals surface area contributed by atoms with Gasteiger partial charge in [-0.25, -0.2) is 27.5 Å². The highest BCUT2D eigenvalue weighted by atomic mass is 19.2. The molecular formula is C23H19F4N3O2. The fourth-order valence-corrected chi connectivity index (χ4v) is 3.78. The molecule has 2 atom stereocenters. The van der Waals surface area contributed by atoms with Crippen LogP contribution in [0.25, 0.3) is 0 Å². The first kappa shape index (κ1) is 21.7. The summed E-state index contributed by atoms with van der Waals surface area (Å²) in [5.74, 6) is -3.95. The molecule has 1 aliphatic carbocycles. The molecule has 1 saturated carbocycles. The zero-order valence-electron chi connectivity index (χ0n) is 17.3. The maximum Gasteiger partial charge on any atom is 0.228 e. The Bertz CT molecular complexity index is 1180. The molecule has 5 nitrogen and oxygen atoms in total. The number of amides is 1. The van der Waals surface area contributed by atoms with Gasteiger partial charge in [0.15, 0.2) is 17.4 Å². The minimum atomic E-state index is -1.10. The van der Waals surface area contributed by atoms with Crippen LogP contribution in [0, 0.1) is 43.0 Å². The highest BCUT2D eigenvalue weighted by Gasteiger charge is 2.60. The molecule has 1 amide bonds. The number of anilines is 1. The second kappa shape index (κ2) is 8.22. The molecule has 0 saturated heterocycles. The van der Waals surface area contributed by atoms with Crippen LogP contribution in [0.2, 0.25) is 0 Å². The van der Waals surface area contributed by atoms with E-state index in [9.17, 15) is 22.4 Å². The van der Waals surface area contributed by atoms with E-state index in [0.717, 1.165) is 30.3 Å². The molecule has 0 bridgehead atoms. The molecule has 9 heteroatoms. The van der Waals surface area contributed by atoms with Gasteiger partial charge in [-0.05, 0) is 50.1 Å². The standard InChI is InChI=1S/C23H19F4N3O2/c1-12-21(10-28-13(2)29-12)32-11-23(14-5-15(24)7-16(25)6-14)9-18(23)22(31)30-17-3-4-19(26)20(27)8-17/h3-8,10,18H,9,11H2,1-2H3,(H,30,31)/t18-,23+/m0/s1. The predicted octanol–water partition coefficient (Wildman–Crippen LogP) is 4.63. The first-order valence-corrected chi connectivity index (χ1v) is 9.83. The molecule has 0 radical (unpaired) electrons. The molecule has 0 unspecified atom stereocenters. The predicted molar refractivity (Wildman–Crippen MR) is 108 cm³/mol. The summed E-state index contributed by atoms with van der Waals surface area (Å²) in [6.07, 6.45) is 1.74. The summed E-state index contributed by atoms with van der Waals surface area (Å²) in [6, 6.07) is 6.06. The molecule has 166 valence electrons. The van der Waals surface area contributed by atoms with Gasteiger partial charge in [-0.1, -0.05) is 0 Å². The second-order valence-corrected chi connectivity index (χ2v) is 7.84. The Morgan fingerprint density at radius 1 is 1.09 bits per heavy atom. The van der Waals surface area contributed by atoms with Crippen molar-refractivity contribution in [3.8, 4) is 5.75 Å². The molecule has 0 spiro atoms. The third-order valence-electron chi connectivity index (χ3n) is 5.56. The zero-order valence-corrected chi connectivity index (χ0v) is 17.3. The van der Waals surface area contributed by atoms with E-state index in [1.54, 1.807) is 13.8 Å². The smallest absolute Gasteiger partial charge is 0.228 e. The second-order valence-electron chi connectivity index (χ2n) is 7.84. The van der Waals surface area contributed by atoms with Gasteiger partial charge in [0.25, 0.3) is 0 Å². The van der Waals surface area contributed by atoms with Gasteiger partial charge < -0.3 is 10.1 Å². The maximum atomic E-state index is 13.9. The van der Waals surface area contributed by atoms with Crippen molar-refractivity contribution in [2.24, 2.45) is 5.92 Å². The van der Waals surface area contributed by atoms with Gasteiger partial charge in [0, 0.05) is 23.2 Å². The first-order chi connectivity index (χ1) is 15.2. The van der Waals surface area contributed by atoms with Crippen LogP contribution in [-0.4, -0.2) is 22.5 Å². The molecule has 32 heavy (non-hydrogen) atoms. The summed E-state index contributed by atoms with van der Waals surface area (Å²) in [7, 11) is 0. The zero-order chi connectivity index (χ0) is 23.0. The van der Waals surface area contributed by atoms with Gasteiger partial charge in [0.1, 0.15) is 17.5 Å². The molecule has 4 rings (SSSR count). The Kier molecular flexibility index (Phi) is 5.58. The SMILES string of the molecule is Cc1ncc(OC[C@@]2(c3cc(F)cc(F)c3)C[C@H]2C(=O)Nc2ccc(F)c(F)c2)c(C)n1. The number of aryl methyl sites for hydroxylation is 2. The minimum absolute atomic E-state index is 0.0565. The number of halogens is 4. The molecule has 1 aromatic heterocycles. The van der Waals surface area contributed by atoms with Crippen molar-refractivity contribution in [3.05, 3.63) is 82.9 Å². The Balaban J connectivity index is 1.60. The van der Waals surface area contributed by atoms with Gasteiger partial charge in [0.2, 0.25) is 5.91 Å².